The minimum atomic E-state index is -0.611. The van der Waals surface area contributed by atoms with E-state index in [1.54, 1.807) is 24.6 Å². The number of piperidine rings is 1. The number of fused-ring (bicyclic) bond motifs is 1. The number of carbonyl (C=O) groups excluding carboxylic acids is 1. The Morgan fingerprint density at radius 2 is 1.71 bits per heavy atom. The maximum absolute atomic E-state index is 13.5. The second-order valence-electron chi connectivity index (χ2n) is 13.2. The van der Waals surface area contributed by atoms with Crippen LogP contribution in [0, 0.1) is 5.41 Å². The van der Waals surface area contributed by atoms with Gasteiger partial charge in [-0.2, -0.15) is 5.10 Å². The smallest absolute Gasteiger partial charge is 0.253 e. The lowest BCUT2D eigenvalue weighted by Crippen LogP contribution is -2.48. The number of amides is 1. The molecule has 11 heteroatoms. The maximum Gasteiger partial charge on any atom is 0.253 e. The quantitative estimate of drug-likeness (QED) is 0.237. The highest BCUT2D eigenvalue weighted by Gasteiger charge is 2.48. The number of likely N-dealkylation sites (tertiary alicyclic amines) is 1. The zero-order valence-corrected chi connectivity index (χ0v) is 28.0. The third-order valence-electron chi connectivity index (χ3n) is 10.6. The zero-order chi connectivity index (χ0) is 32.7. The molecule has 0 saturated carbocycles. The standard InChI is InChI=1S/C37H41N7O3S/c1-47-32-22-29(10-11-30(32)27-23-38-39-24-27)44-17-14-37(36(44)46)12-15-43(16-13-37)35(45)26-6-8-28(9-7-26)42-20-18-41(19-21-42)25-34-40-31-4-2-3-5-33(31)48-34/h2-11,22-24,36,46H,12-21,25H2,1H3,(H,38,39). The predicted molar refractivity (Wildman–Crippen MR) is 190 cm³/mol. The molecule has 0 aliphatic carbocycles. The van der Waals surface area contributed by atoms with Crippen LogP contribution in [0.15, 0.2) is 79.1 Å². The Kier molecular flexibility index (Phi) is 8.27. The molecule has 5 heterocycles. The Labute approximate surface area is 284 Å². The molecule has 1 unspecified atom stereocenters. The molecule has 5 aromatic rings. The lowest BCUT2D eigenvalue weighted by molar-refractivity contribution is 0.00246. The molecule has 3 aromatic carbocycles. The molecule has 48 heavy (non-hydrogen) atoms. The van der Waals surface area contributed by atoms with Crippen LogP contribution in [0.2, 0.25) is 0 Å². The molecule has 248 valence electrons. The first kappa shape index (κ1) is 30.9. The summed E-state index contributed by atoms with van der Waals surface area (Å²) in [6.07, 6.45) is 5.45. The van der Waals surface area contributed by atoms with Crippen molar-refractivity contribution in [2.24, 2.45) is 5.41 Å². The molecule has 3 saturated heterocycles. The Morgan fingerprint density at radius 1 is 0.958 bits per heavy atom. The predicted octanol–water partition coefficient (Wildman–Crippen LogP) is 5.47. The summed E-state index contributed by atoms with van der Waals surface area (Å²) in [4.78, 5) is 27.3. The Balaban J connectivity index is 0.847. The number of carbonyl (C=O) groups is 1. The van der Waals surface area contributed by atoms with E-state index in [1.807, 2.05) is 47.5 Å². The number of ether oxygens (including phenoxy) is 1. The van der Waals surface area contributed by atoms with E-state index in [-0.39, 0.29) is 11.3 Å². The number of aliphatic hydroxyl groups excluding tert-OH is 1. The van der Waals surface area contributed by atoms with Gasteiger partial charge in [-0.3, -0.25) is 14.8 Å². The van der Waals surface area contributed by atoms with Gasteiger partial charge in [0.1, 0.15) is 17.0 Å². The Morgan fingerprint density at radius 3 is 2.44 bits per heavy atom. The van der Waals surface area contributed by atoms with Crippen LogP contribution in [-0.4, -0.2) is 95.1 Å². The number of aromatic nitrogens is 3. The molecule has 3 aliphatic heterocycles. The molecule has 1 atom stereocenters. The van der Waals surface area contributed by atoms with E-state index in [0.717, 1.165) is 97.9 Å². The van der Waals surface area contributed by atoms with E-state index in [4.69, 9.17) is 9.72 Å². The molecule has 3 aliphatic rings. The number of nitrogens with zero attached hydrogens (tertiary/aromatic N) is 6. The van der Waals surface area contributed by atoms with Crippen LogP contribution in [0.5, 0.6) is 5.75 Å². The summed E-state index contributed by atoms with van der Waals surface area (Å²) in [5.74, 6) is 0.817. The summed E-state index contributed by atoms with van der Waals surface area (Å²) < 4.78 is 6.95. The van der Waals surface area contributed by atoms with Crippen molar-refractivity contribution >= 4 is 38.8 Å². The second-order valence-corrected chi connectivity index (χ2v) is 14.3. The highest BCUT2D eigenvalue weighted by molar-refractivity contribution is 7.18. The lowest BCUT2D eigenvalue weighted by Gasteiger charge is -2.42. The molecule has 8 rings (SSSR count). The largest absolute Gasteiger partial charge is 0.496 e. The van der Waals surface area contributed by atoms with Crippen LogP contribution in [0.3, 0.4) is 0 Å². The molecule has 0 radical (unpaired) electrons. The maximum atomic E-state index is 13.5. The van der Waals surface area contributed by atoms with Gasteiger partial charge in [-0.1, -0.05) is 12.1 Å². The summed E-state index contributed by atoms with van der Waals surface area (Å²) in [5.41, 5.74) is 5.60. The number of hydrogen-bond acceptors (Lipinski definition) is 9. The van der Waals surface area contributed by atoms with Crippen LogP contribution < -0.4 is 14.5 Å². The van der Waals surface area contributed by atoms with Gasteiger partial charge in [0, 0.05) is 91.6 Å². The SMILES string of the molecule is COc1cc(N2CCC3(CCN(C(=O)c4ccc(N5CCN(Cc6nc7ccccc7s6)CC5)cc4)CC3)C2O)ccc1-c1cn[nH]c1. The van der Waals surface area contributed by atoms with Crippen molar-refractivity contribution in [3.8, 4) is 16.9 Å². The van der Waals surface area contributed by atoms with Crippen molar-refractivity contribution in [3.05, 3.63) is 89.7 Å². The number of piperazine rings is 1. The van der Waals surface area contributed by atoms with E-state index >= 15 is 0 Å². The second kappa shape index (κ2) is 12.9. The van der Waals surface area contributed by atoms with Gasteiger partial charge in [0.2, 0.25) is 0 Å². The molecular weight excluding hydrogens is 623 g/mol. The first-order chi connectivity index (χ1) is 23.5. The monoisotopic (exact) mass is 663 g/mol. The highest BCUT2D eigenvalue weighted by atomic mass is 32.1. The van der Waals surface area contributed by atoms with E-state index in [1.165, 1.54) is 9.71 Å². The number of aliphatic hydroxyl groups is 1. The first-order valence-corrected chi connectivity index (χ1v) is 17.6. The number of methoxy groups -OCH3 is 1. The molecule has 3 fully saturated rings. The van der Waals surface area contributed by atoms with E-state index < -0.39 is 6.23 Å². The van der Waals surface area contributed by atoms with Gasteiger partial charge in [0.05, 0.1) is 30.1 Å². The molecule has 1 amide bonds. The molecule has 2 N–H and O–H groups in total. The van der Waals surface area contributed by atoms with Gasteiger partial charge in [-0.25, -0.2) is 4.98 Å². The number of thiazole rings is 1. The molecule has 0 bridgehead atoms. The van der Waals surface area contributed by atoms with Crippen molar-refractivity contribution in [1.82, 2.24) is 25.0 Å². The number of hydrogen-bond donors (Lipinski definition) is 2. The van der Waals surface area contributed by atoms with Crippen LogP contribution in [-0.2, 0) is 6.54 Å². The average Bonchev–Trinajstić information content (AvgIpc) is 3.88. The van der Waals surface area contributed by atoms with Crippen LogP contribution >= 0.6 is 11.3 Å². The summed E-state index contributed by atoms with van der Waals surface area (Å²) in [6.45, 7) is 6.82. The fraction of sp³-hybridized carbons (Fsp3) is 0.378. The van der Waals surface area contributed by atoms with Crippen LogP contribution in [0.4, 0.5) is 11.4 Å². The van der Waals surface area contributed by atoms with Gasteiger partial charge in [-0.05, 0) is 67.8 Å². The fourth-order valence-corrected chi connectivity index (χ4v) is 8.70. The highest BCUT2D eigenvalue weighted by Crippen LogP contribution is 2.47. The molecular formula is C37H41N7O3S. The third-order valence-corrected chi connectivity index (χ3v) is 11.6. The summed E-state index contributed by atoms with van der Waals surface area (Å²) >= 11 is 1.79. The van der Waals surface area contributed by atoms with Gasteiger partial charge in [-0.15, -0.1) is 11.3 Å². The van der Waals surface area contributed by atoms with Crippen molar-refractivity contribution in [1.29, 1.82) is 0 Å². The van der Waals surface area contributed by atoms with Crippen molar-refractivity contribution in [2.75, 3.05) is 62.7 Å². The first-order valence-electron chi connectivity index (χ1n) is 16.8. The molecule has 1 spiro atoms. The fourth-order valence-electron chi connectivity index (χ4n) is 7.69. The van der Waals surface area contributed by atoms with Gasteiger partial charge < -0.3 is 24.5 Å². The summed E-state index contributed by atoms with van der Waals surface area (Å²) in [7, 11) is 1.67. The number of para-hydroxylation sites is 1. The van der Waals surface area contributed by atoms with Gasteiger partial charge in [0.15, 0.2) is 0 Å². The summed E-state index contributed by atoms with van der Waals surface area (Å²) in [6, 6.07) is 22.5. The number of aromatic amines is 1. The topological polar surface area (TPSA) is 101 Å². The van der Waals surface area contributed by atoms with Crippen molar-refractivity contribution in [2.45, 2.75) is 32.0 Å². The Hall–Kier alpha value is -4.45. The number of anilines is 2. The van der Waals surface area contributed by atoms with E-state index in [0.29, 0.717) is 13.1 Å². The number of H-pyrrole nitrogens is 1. The minimum absolute atomic E-state index is 0.0703. The Bertz CT molecular complexity index is 1840. The lowest BCUT2D eigenvalue weighted by atomic mass is 9.76. The van der Waals surface area contributed by atoms with Crippen molar-refractivity contribution in [3.63, 3.8) is 0 Å². The van der Waals surface area contributed by atoms with E-state index in [9.17, 15) is 9.90 Å². The molecule has 10 nitrogen and oxygen atoms in total. The van der Waals surface area contributed by atoms with Gasteiger partial charge >= 0.3 is 0 Å². The zero-order valence-electron chi connectivity index (χ0n) is 27.2. The number of rotatable bonds is 7. The normalized spacial score (nSPS) is 19.8. The molecule has 2 aromatic heterocycles. The number of nitrogens with one attached hydrogen (secondary N) is 1. The number of benzene rings is 3. The summed E-state index contributed by atoms with van der Waals surface area (Å²) in [5, 5.41) is 19.7. The average molecular weight is 664 g/mol. The minimum Gasteiger partial charge on any atom is -0.496 e. The third kappa shape index (κ3) is 5.80. The van der Waals surface area contributed by atoms with E-state index in [2.05, 4.69) is 55.2 Å². The van der Waals surface area contributed by atoms with Crippen molar-refractivity contribution < 1.29 is 14.6 Å². The van der Waals surface area contributed by atoms with Crippen LogP contribution in [0.1, 0.15) is 34.6 Å². The van der Waals surface area contributed by atoms with Crippen LogP contribution in [0.25, 0.3) is 21.3 Å². The van der Waals surface area contributed by atoms with Gasteiger partial charge in [0.25, 0.3) is 5.91 Å².